The smallest absolute Gasteiger partial charge is 0.0621 e. The summed E-state index contributed by atoms with van der Waals surface area (Å²) in [6.07, 6.45) is 1.55. The summed E-state index contributed by atoms with van der Waals surface area (Å²) in [5.74, 6) is 0. The molecule has 0 saturated heterocycles. The van der Waals surface area contributed by atoms with E-state index in [0.29, 0.717) is 6.42 Å². The van der Waals surface area contributed by atoms with E-state index in [1.54, 1.807) is 0 Å². The molecule has 1 rings (SSSR count). The Morgan fingerprint density at radius 3 is 2.48 bits per heavy atom. The fourth-order valence-corrected chi connectivity index (χ4v) is 2.34. The van der Waals surface area contributed by atoms with Gasteiger partial charge in [0.2, 0.25) is 0 Å². The lowest BCUT2D eigenvalue weighted by Crippen LogP contribution is -2.25. The van der Waals surface area contributed by atoms with Gasteiger partial charge >= 0.3 is 0 Å². The Labute approximate surface area is 130 Å². The first kappa shape index (κ1) is 17.5. The molecule has 21 heavy (non-hydrogen) atoms. The Morgan fingerprint density at radius 2 is 1.86 bits per heavy atom. The summed E-state index contributed by atoms with van der Waals surface area (Å²) >= 11 is 0. The van der Waals surface area contributed by atoms with E-state index >= 15 is 0 Å². The summed E-state index contributed by atoms with van der Waals surface area (Å²) in [6, 6.07) is 10.8. The fraction of sp³-hybridized carbons (Fsp3) is 0.611. The van der Waals surface area contributed by atoms with Gasteiger partial charge in [-0.3, -0.25) is 4.90 Å². The topological polar surface area (TPSA) is 39.1 Å². The van der Waals surface area contributed by atoms with E-state index in [0.717, 1.165) is 32.6 Å². The third-order valence-electron chi connectivity index (χ3n) is 3.98. The first-order valence-electron chi connectivity index (χ1n) is 7.93. The molecule has 0 radical (unpaired) electrons. The highest BCUT2D eigenvalue weighted by molar-refractivity contribution is 5.51. The molecular formula is C18H29N3. The van der Waals surface area contributed by atoms with Crippen LogP contribution in [0.4, 0.5) is 5.69 Å². The molecule has 0 aliphatic carbocycles. The van der Waals surface area contributed by atoms with E-state index in [9.17, 15) is 0 Å². The van der Waals surface area contributed by atoms with E-state index in [1.165, 1.54) is 11.3 Å². The summed E-state index contributed by atoms with van der Waals surface area (Å²) < 4.78 is 0. The number of nitriles is 1. The van der Waals surface area contributed by atoms with Gasteiger partial charge in [0.1, 0.15) is 0 Å². The van der Waals surface area contributed by atoms with Crippen molar-refractivity contribution in [2.75, 3.05) is 25.0 Å². The number of nitrogens with zero attached hydrogens (tertiary/aromatic N) is 2. The first-order valence-corrected chi connectivity index (χ1v) is 7.93. The molecule has 116 valence electrons. The van der Waals surface area contributed by atoms with E-state index in [-0.39, 0.29) is 5.41 Å². The van der Waals surface area contributed by atoms with Gasteiger partial charge in [-0.25, -0.2) is 0 Å². The average molecular weight is 287 g/mol. The minimum atomic E-state index is 0.137. The van der Waals surface area contributed by atoms with Crippen LogP contribution >= 0.6 is 0 Å². The lowest BCUT2D eigenvalue weighted by atomic mass is 9.88. The molecule has 3 heteroatoms. The van der Waals surface area contributed by atoms with Crippen molar-refractivity contribution in [1.29, 1.82) is 5.26 Å². The SMILES string of the molecule is CCN(CC)Cc1ccccc1NCC(C)(C)CCC#N. The van der Waals surface area contributed by atoms with Crippen molar-refractivity contribution in [3.05, 3.63) is 29.8 Å². The minimum absolute atomic E-state index is 0.137. The molecule has 0 heterocycles. The van der Waals surface area contributed by atoms with Gasteiger partial charge < -0.3 is 5.32 Å². The van der Waals surface area contributed by atoms with Crippen LogP contribution in [0.5, 0.6) is 0 Å². The number of benzene rings is 1. The first-order chi connectivity index (χ1) is 10.0. The predicted octanol–water partition coefficient (Wildman–Crippen LogP) is 4.27. The highest BCUT2D eigenvalue weighted by atomic mass is 15.1. The summed E-state index contributed by atoms with van der Waals surface area (Å²) in [5.41, 5.74) is 2.70. The minimum Gasteiger partial charge on any atom is -0.384 e. The van der Waals surface area contributed by atoms with E-state index in [1.807, 2.05) is 0 Å². The van der Waals surface area contributed by atoms with Crippen molar-refractivity contribution < 1.29 is 0 Å². The quantitative estimate of drug-likeness (QED) is 0.737. The molecule has 0 bridgehead atoms. The van der Waals surface area contributed by atoms with Crippen LogP contribution in [0, 0.1) is 16.7 Å². The molecule has 0 atom stereocenters. The monoisotopic (exact) mass is 287 g/mol. The molecule has 0 unspecified atom stereocenters. The third-order valence-corrected chi connectivity index (χ3v) is 3.98. The highest BCUT2D eigenvalue weighted by Gasteiger charge is 2.17. The molecule has 0 aromatic heterocycles. The predicted molar refractivity (Wildman–Crippen MR) is 90.2 cm³/mol. The van der Waals surface area contributed by atoms with Gasteiger partial charge in [0.25, 0.3) is 0 Å². The van der Waals surface area contributed by atoms with Gasteiger partial charge in [-0.1, -0.05) is 45.9 Å². The molecule has 0 spiro atoms. The Balaban J connectivity index is 2.69. The normalized spacial score (nSPS) is 11.4. The summed E-state index contributed by atoms with van der Waals surface area (Å²) in [7, 11) is 0. The highest BCUT2D eigenvalue weighted by Crippen LogP contribution is 2.24. The van der Waals surface area contributed by atoms with E-state index < -0.39 is 0 Å². The second-order valence-corrected chi connectivity index (χ2v) is 6.29. The Hall–Kier alpha value is -1.53. The standard InChI is InChI=1S/C18H29N3/c1-5-21(6-2)14-16-10-7-8-11-17(16)20-15-18(3,4)12-9-13-19/h7-8,10-11,20H,5-6,9,12,14-15H2,1-4H3. The Bertz CT molecular complexity index is 456. The van der Waals surface area contributed by atoms with Crippen LogP contribution in [0.15, 0.2) is 24.3 Å². The van der Waals surface area contributed by atoms with Gasteiger partial charge in [0.15, 0.2) is 0 Å². The Morgan fingerprint density at radius 1 is 1.19 bits per heavy atom. The fourth-order valence-electron chi connectivity index (χ4n) is 2.34. The van der Waals surface area contributed by atoms with Crippen LogP contribution in [0.2, 0.25) is 0 Å². The molecular weight excluding hydrogens is 258 g/mol. The van der Waals surface area contributed by atoms with Gasteiger partial charge in [0, 0.05) is 25.2 Å². The molecule has 0 aliphatic heterocycles. The van der Waals surface area contributed by atoms with Crippen LogP contribution in [-0.2, 0) is 6.54 Å². The number of anilines is 1. The molecule has 1 aromatic carbocycles. The van der Waals surface area contributed by atoms with Gasteiger partial charge in [-0.15, -0.1) is 0 Å². The van der Waals surface area contributed by atoms with Crippen LogP contribution in [0.25, 0.3) is 0 Å². The van der Waals surface area contributed by atoms with Crippen LogP contribution in [-0.4, -0.2) is 24.5 Å². The zero-order valence-corrected chi connectivity index (χ0v) is 13.9. The number of hydrogen-bond acceptors (Lipinski definition) is 3. The maximum absolute atomic E-state index is 8.74. The molecule has 3 nitrogen and oxygen atoms in total. The van der Waals surface area contributed by atoms with E-state index in [4.69, 9.17) is 5.26 Å². The van der Waals surface area contributed by atoms with Crippen molar-refractivity contribution in [3.63, 3.8) is 0 Å². The molecule has 0 aliphatic rings. The van der Waals surface area contributed by atoms with E-state index in [2.05, 4.69) is 68.2 Å². The zero-order valence-electron chi connectivity index (χ0n) is 13.9. The number of para-hydroxylation sites is 1. The molecule has 0 fully saturated rings. The number of nitrogens with one attached hydrogen (secondary N) is 1. The van der Waals surface area contributed by atoms with Crippen molar-refractivity contribution in [2.24, 2.45) is 5.41 Å². The molecule has 0 amide bonds. The third kappa shape index (κ3) is 6.18. The van der Waals surface area contributed by atoms with Crippen LogP contribution in [0.1, 0.15) is 46.1 Å². The molecule has 1 N–H and O–H groups in total. The largest absolute Gasteiger partial charge is 0.384 e. The lowest BCUT2D eigenvalue weighted by molar-refractivity contribution is 0.296. The lowest BCUT2D eigenvalue weighted by Gasteiger charge is -2.26. The molecule has 0 saturated carbocycles. The maximum atomic E-state index is 8.74. The zero-order chi connectivity index (χ0) is 15.7. The van der Waals surface area contributed by atoms with Crippen molar-refractivity contribution >= 4 is 5.69 Å². The summed E-state index contributed by atoms with van der Waals surface area (Å²) in [6.45, 7) is 12.8. The maximum Gasteiger partial charge on any atom is 0.0621 e. The molecule has 1 aromatic rings. The van der Waals surface area contributed by atoms with Crippen molar-refractivity contribution in [2.45, 2.75) is 47.1 Å². The van der Waals surface area contributed by atoms with Gasteiger partial charge in [-0.05, 0) is 36.6 Å². The van der Waals surface area contributed by atoms with Crippen molar-refractivity contribution in [1.82, 2.24) is 4.90 Å². The van der Waals surface area contributed by atoms with Gasteiger partial charge in [-0.2, -0.15) is 5.26 Å². The summed E-state index contributed by atoms with van der Waals surface area (Å²) in [4.78, 5) is 2.42. The number of hydrogen-bond donors (Lipinski definition) is 1. The van der Waals surface area contributed by atoms with Crippen LogP contribution in [0.3, 0.4) is 0 Å². The second-order valence-electron chi connectivity index (χ2n) is 6.29. The second kappa shape index (κ2) is 8.69. The average Bonchev–Trinajstić information content (AvgIpc) is 2.49. The van der Waals surface area contributed by atoms with Crippen LogP contribution < -0.4 is 5.32 Å². The Kier molecular flexibility index (Phi) is 7.25. The number of rotatable bonds is 9. The summed E-state index contributed by atoms with van der Waals surface area (Å²) in [5, 5.41) is 12.3. The van der Waals surface area contributed by atoms with Gasteiger partial charge in [0.05, 0.1) is 6.07 Å². The van der Waals surface area contributed by atoms with Crippen molar-refractivity contribution in [3.8, 4) is 6.07 Å².